The summed E-state index contributed by atoms with van der Waals surface area (Å²) in [7, 11) is 0. The number of hydrogen-bond acceptors (Lipinski definition) is 2. The number of rotatable bonds is 5. The maximum absolute atomic E-state index is 10.5. The first-order chi connectivity index (χ1) is 7.52. The molecule has 1 rings (SSSR count). The number of carbonyl (C=O) groups is 1. The SMILES string of the molecule is CCc1cc(O[C@@H](C)CC(=O)O)ccc1Cl. The highest BCUT2D eigenvalue weighted by molar-refractivity contribution is 6.31. The molecular weight excluding hydrogens is 228 g/mol. The molecule has 1 aromatic carbocycles. The second-order valence-corrected chi connectivity index (χ2v) is 4.04. The van der Waals surface area contributed by atoms with Crippen LogP contribution in [0.25, 0.3) is 0 Å². The third-order valence-corrected chi connectivity index (χ3v) is 2.57. The van der Waals surface area contributed by atoms with Gasteiger partial charge in [0.1, 0.15) is 11.9 Å². The Labute approximate surface area is 100.0 Å². The molecule has 0 aliphatic heterocycles. The quantitative estimate of drug-likeness (QED) is 0.863. The first-order valence-corrected chi connectivity index (χ1v) is 5.57. The summed E-state index contributed by atoms with van der Waals surface area (Å²) in [6.45, 7) is 3.74. The Hall–Kier alpha value is -1.22. The summed E-state index contributed by atoms with van der Waals surface area (Å²) in [5, 5.41) is 9.31. The zero-order valence-electron chi connectivity index (χ0n) is 9.37. The van der Waals surface area contributed by atoms with Gasteiger partial charge in [0.2, 0.25) is 0 Å². The third-order valence-electron chi connectivity index (χ3n) is 2.20. The minimum Gasteiger partial charge on any atom is -0.490 e. The van der Waals surface area contributed by atoms with Gasteiger partial charge in [0, 0.05) is 5.02 Å². The van der Waals surface area contributed by atoms with E-state index in [9.17, 15) is 4.79 Å². The fraction of sp³-hybridized carbons (Fsp3) is 0.417. The molecule has 0 fully saturated rings. The van der Waals surface area contributed by atoms with Crippen molar-refractivity contribution >= 4 is 17.6 Å². The molecular formula is C12H15ClO3. The molecule has 0 heterocycles. The number of benzene rings is 1. The predicted molar refractivity (Wildman–Crippen MR) is 63.2 cm³/mol. The second kappa shape index (κ2) is 5.75. The molecule has 3 nitrogen and oxygen atoms in total. The monoisotopic (exact) mass is 242 g/mol. The molecule has 0 unspecified atom stereocenters. The van der Waals surface area contributed by atoms with E-state index < -0.39 is 5.97 Å². The molecule has 0 saturated heterocycles. The molecule has 0 radical (unpaired) electrons. The first kappa shape index (κ1) is 12.8. The van der Waals surface area contributed by atoms with Gasteiger partial charge in [-0.1, -0.05) is 18.5 Å². The van der Waals surface area contributed by atoms with Crippen molar-refractivity contribution < 1.29 is 14.6 Å². The summed E-state index contributed by atoms with van der Waals surface area (Å²) in [4.78, 5) is 10.5. The van der Waals surface area contributed by atoms with E-state index in [-0.39, 0.29) is 12.5 Å². The van der Waals surface area contributed by atoms with E-state index >= 15 is 0 Å². The summed E-state index contributed by atoms with van der Waals surface area (Å²) in [5.74, 6) is -0.202. The van der Waals surface area contributed by atoms with E-state index in [1.807, 2.05) is 13.0 Å². The first-order valence-electron chi connectivity index (χ1n) is 5.19. The van der Waals surface area contributed by atoms with Crippen molar-refractivity contribution in [1.29, 1.82) is 0 Å². The van der Waals surface area contributed by atoms with Crippen LogP contribution >= 0.6 is 11.6 Å². The maximum atomic E-state index is 10.5. The van der Waals surface area contributed by atoms with Crippen LogP contribution < -0.4 is 4.74 Å². The van der Waals surface area contributed by atoms with Gasteiger partial charge in [0.25, 0.3) is 0 Å². The molecule has 4 heteroatoms. The van der Waals surface area contributed by atoms with Gasteiger partial charge in [0.05, 0.1) is 6.42 Å². The van der Waals surface area contributed by atoms with Gasteiger partial charge in [0.15, 0.2) is 0 Å². The van der Waals surface area contributed by atoms with Gasteiger partial charge in [-0.3, -0.25) is 4.79 Å². The summed E-state index contributed by atoms with van der Waals surface area (Å²) in [6.07, 6.45) is 0.469. The van der Waals surface area contributed by atoms with Crippen LogP contribution in [0.2, 0.25) is 5.02 Å². The largest absolute Gasteiger partial charge is 0.490 e. The molecule has 0 spiro atoms. The summed E-state index contributed by atoms with van der Waals surface area (Å²) in [5.41, 5.74) is 1.00. The Balaban J connectivity index is 2.70. The van der Waals surface area contributed by atoms with Crippen molar-refractivity contribution in [2.24, 2.45) is 0 Å². The van der Waals surface area contributed by atoms with E-state index in [1.165, 1.54) is 0 Å². The molecule has 0 aliphatic carbocycles. The Morgan fingerprint density at radius 2 is 2.25 bits per heavy atom. The lowest BCUT2D eigenvalue weighted by atomic mass is 10.1. The molecule has 88 valence electrons. The topological polar surface area (TPSA) is 46.5 Å². The predicted octanol–water partition coefficient (Wildman–Crippen LogP) is 3.14. The minimum absolute atomic E-state index is 0.00984. The van der Waals surface area contributed by atoms with Gasteiger partial charge < -0.3 is 9.84 Å². The minimum atomic E-state index is -0.864. The Morgan fingerprint density at radius 1 is 1.56 bits per heavy atom. The fourth-order valence-corrected chi connectivity index (χ4v) is 1.67. The average molecular weight is 243 g/mol. The highest BCUT2D eigenvalue weighted by Gasteiger charge is 2.09. The lowest BCUT2D eigenvalue weighted by Crippen LogP contribution is -2.16. The molecule has 0 amide bonds. The number of carboxylic acids is 1. The van der Waals surface area contributed by atoms with Crippen LogP contribution in [0.15, 0.2) is 18.2 Å². The molecule has 0 bridgehead atoms. The van der Waals surface area contributed by atoms with Crippen molar-refractivity contribution in [1.82, 2.24) is 0 Å². The zero-order chi connectivity index (χ0) is 12.1. The highest BCUT2D eigenvalue weighted by atomic mass is 35.5. The molecule has 1 aromatic rings. The van der Waals surface area contributed by atoms with Gasteiger partial charge >= 0.3 is 5.97 Å². The van der Waals surface area contributed by atoms with Gasteiger partial charge in [-0.25, -0.2) is 0 Å². The van der Waals surface area contributed by atoms with Crippen LogP contribution in [0.4, 0.5) is 0 Å². The van der Waals surface area contributed by atoms with Crippen LogP contribution in [0.3, 0.4) is 0 Å². The fourth-order valence-electron chi connectivity index (χ4n) is 1.42. The zero-order valence-corrected chi connectivity index (χ0v) is 10.1. The lowest BCUT2D eigenvalue weighted by molar-refractivity contribution is -0.138. The van der Waals surface area contributed by atoms with Gasteiger partial charge in [-0.2, -0.15) is 0 Å². The van der Waals surface area contributed by atoms with Crippen molar-refractivity contribution in [3.05, 3.63) is 28.8 Å². The smallest absolute Gasteiger partial charge is 0.307 e. The number of aryl methyl sites for hydroxylation is 1. The Kier molecular flexibility index (Phi) is 4.62. The average Bonchev–Trinajstić information content (AvgIpc) is 2.19. The van der Waals surface area contributed by atoms with E-state index in [4.69, 9.17) is 21.4 Å². The Morgan fingerprint density at radius 3 is 2.81 bits per heavy atom. The van der Waals surface area contributed by atoms with Crippen molar-refractivity contribution in [2.75, 3.05) is 0 Å². The molecule has 16 heavy (non-hydrogen) atoms. The molecule has 1 N–H and O–H groups in total. The molecule has 0 aromatic heterocycles. The summed E-state index contributed by atoms with van der Waals surface area (Å²) >= 11 is 5.97. The number of aliphatic carboxylic acids is 1. The van der Waals surface area contributed by atoms with E-state index in [2.05, 4.69) is 0 Å². The standard InChI is InChI=1S/C12H15ClO3/c1-3-9-7-10(4-5-11(9)13)16-8(2)6-12(14)15/h4-5,7-8H,3,6H2,1-2H3,(H,14,15)/t8-/m0/s1. The van der Waals surface area contributed by atoms with Crippen molar-refractivity contribution in [2.45, 2.75) is 32.8 Å². The summed E-state index contributed by atoms with van der Waals surface area (Å²) in [6, 6.07) is 5.36. The third kappa shape index (κ3) is 3.74. The Bertz CT molecular complexity index is 377. The number of ether oxygens (including phenoxy) is 1. The maximum Gasteiger partial charge on any atom is 0.307 e. The van der Waals surface area contributed by atoms with Crippen molar-refractivity contribution in [3.63, 3.8) is 0 Å². The van der Waals surface area contributed by atoms with Crippen LogP contribution in [-0.4, -0.2) is 17.2 Å². The second-order valence-electron chi connectivity index (χ2n) is 3.63. The van der Waals surface area contributed by atoms with Crippen LogP contribution in [-0.2, 0) is 11.2 Å². The molecule has 1 atom stereocenters. The highest BCUT2D eigenvalue weighted by Crippen LogP contribution is 2.23. The van der Waals surface area contributed by atoms with Crippen LogP contribution in [0.5, 0.6) is 5.75 Å². The van der Waals surface area contributed by atoms with E-state index in [0.29, 0.717) is 10.8 Å². The summed E-state index contributed by atoms with van der Waals surface area (Å²) < 4.78 is 5.48. The van der Waals surface area contributed by atoms with Gasteiger partial charge in [-0.05, 0) is 37.1 Å². The normalized spacial score (nSPS) is 12.2. The number of halogens is 1. The van der Waals surface area contributed by atoms with E-state index in [1.54, 1.807) is 19.1 Å². The van der Waals surface area contributed by atoms with Crippen molar-refractivity contribution in [3.8, 4) is 5.75 Å². The van der Waals surface area contributed by atoms with E-state index in [0.717, 1.165) is 12.0 Å². The van der Waals surface area contributed by atoms with Crippen LogP contribution in [0.1, 0.15) is 25.8 Å². The molecule has 0 aliphatic rings. The van der Waals surface area contributed by atoms with Crippen LogP contribution in [0, 0.1) is 0 Å². The molecule has 0 saturated carbocycles. The van der Waals surface area contributed by atoms with Gasteiger partial charge in [-0.15, -0.1) is 0 Å². The lowest BCUT2D eigenvalue weighted by Gasteiger charge is -2.13. The number of hydrogen-bond donors (Lipinski definition) is 1. The number of carboxylic acid groups (broad SMARTS) is 1.